The summed E-state index contributed by atoms with van der Waals surface area (Å²) in [5.74, 6) is 2.17. The Bertz CT molecular complexity index is 660. The molecule has 108 valence electrons. The Morgan fingerprint density at radius 3 is 2.80 bits per heavy atom. The molecule has 0 atom stereocenters. The Kier molecular flexibility index (Phi) is 5.49. The molecule has 0 amide bonds. The topological polar surface area (TPSA) is 92.7 Å². The van der Waals surface area contributed by atoms with Gasteiger partial charge in [-0.2, -0.15) is 0 Å². The first kappa shape index (κ1) is 15.9. The molecule has 0 radical (unpaired) electrons. The highest BCUT2D eigenvalue weighted by Gasteiger charge is 2.17. The van der Waals surface area contributed by atoms with E-state index < -0.39 is 34.2 Å². The molecule has 2 N–H and O–H groups in total. The molecule has 0 saturated carbocycles. The molecule has 8 heteroatoms. The van der Waals surface area contributed by atoms with Gasteiger partial charge in [0, 0.05) is 5.69 Å². The summed E-state index contributed by atoms with van der Waals surface area (Å²) in [5, 5.41) is 8.54. The number of sulfonamides is 1. The minimum Gasteiger partial charge on any atom is -0.468 e. The quantitative estimate of drug-likeness (QED) is 0.607. The SMILES string of the molecule is COC(=O)CS(=O)(=O)Nc1ccc(F)c(C#CCO)c1. The number of ether oxygens (including phenoxy) is 1. The Morgan fingerprint density at radius 1 is 1.50 bits per heavy atom. The Balaban J connectivity index is 2.96. The molecular weight excluding hydrogens is 289 g/mol. The molecular formula is C12H12FNO5S. The zero-order chi connectivity index (χ0) is 15.2. The molecule has 1 aromatic rings. The first-order chi connectivity index (χ1) is 9.38. The number of esters is 1. The van der Waals surface area contributed by atoms with E-state index in [-0.39, 0.29) is 11.3 Å². The molecule has 0 aliphatic heterocycles. The van der Waals surface area contributed by atoms with E-state index >= 15 is 0 Å². The summed E-state index contributed by atoms with van der Waals surface area (Å²) in [6, 6.07) is 3.37. The summed E-state index contributed by atoms with van der Waals surface area (Å²) in [5.41, 5.74) is -0.0186. The number of nitrogens with one attached hydrogen (secondary N) is 1. The third-order valence-corrected chi connectivity index (χ3v) is 3.24. The standard InChI is InChI=1S/C12H12FNO5S/c1-19-12(16)8-20(17,18)14-10-4-5-11(13)9(7-10)3-2-6-15/h4-5,7,14-15H,6,8H2,1H3. The lowest BCUT2D eigenvalue weighted by Crippen LogP contribution is -2.23. The second-order valence-electron chi connectivity index (χ2n) is 3.59. The van der Waals surface area contributed by atoms with Gasteiger partial charge in [-0.25, -0.2) is 12.8 Å². The molecule has 20 heavy (non-hydrogen) atoms. The van der Waals surface area contributed by atoms with Crippen LogP contribution in [-0.2, 0) is 19.6 Å². The van der Waals surface area contributed by atoms with Crippen LogP contribution in [0, 0.1) is 17.7 Å². The summed E-state index contributed by atoms with van der Waals surface area (Å²) in [4.78, 5) is 10.9. The van der Waals surface area contributed by atoms with Crippen molar-refractivity contribution in [2.75, 3.05) is 24.2 Å². The monoisotopic (exact) mass is 301 g/mol. The van der Waals surface area contributed by atoms with Gasteiger partial charge in [-0.1, -0.05) is 11.8 Å². The van der Waals surface area contributed by atoms with Crippen molar-refractivity contribution in [3.63, 3.8) is 0 Å². The van der Waals surface area contributed by atoms with Crippen molar-refractivity contribution in [3.8, 4) is 11.8 Å². The van der Waals surface area contributed by atoms with Crippen LogP contribution in [0.4, 0.5) is 10.1 Å². The molecule has 0 bridgehead atoms. The number of halogens is 1. The van der Waals surface area contributed by atoms with Gasteiger partial charge in [-0.3, -0.25) is 9.52 Å². The number of carbonyl (C=O) groups excluding carboxylic acids is 1. The molecule has 0 aliphatic carbocycles. The average Bonchev–Trinajstić information content (AvgIpc) is 2.38. The van der Waals surface area contributed by atoms with Gasteiger partial charge in [0.2, 0.25) is 10.0 Å². The second-order valence-corrected chi connectivity index (χ2v) is 5.31. The molecule has 0 aliphatic rings. The van der Waals surface area contributed by atoms with E-state index in [9.17, 15) is 17.6 Å². The molecule has 0 unspecified atom stereocenters. The van der Waals surface area contributed by atoms with Crippen molar-refractivity contribution in [1.82, 2.24) is 0 Å². The van der Waals surface area contributed by atoms with Crippen LogP contribution in [0.5, 0.6) is 0 Å². The number of carbonyl (C=O) groups is 1. The zero-order valence-corrected chi connectivity index (χ0v) is 11.3. The van der Waals surface area contributed by atoms with E-state index in [0.29, 0.717) is 0 Å². The van der Waals surface area contributed by atoms with Crippen molar-refractivity contribution in [2.45, 2.75) is 0 Å². The molecule has 0 saturated heterocycles. The Labute approximate surface area is 115 Å². The normalized spacial score (nSPS) is 10.3. The molecule has 0 heterocycles. The first-order valence-corrected chi connectivity index (χ1v) is 7.00. The molecule has 0 aromatic heterocycles. The third-order valence-electron chi connectivity index (χ3n) is 2.08. The van der Waals surface area contributed by atoms with Crippen molar-refractivity contribution in [2.24, 2.45) is 0 Å². The van der Waals surface area contributed by atoms with Gasteiger partial charge >= 0.3 is 5.97 Å². The van der Waals surface area contributed by atoms with Crippen LogP contribution in [0.25, 0.3) is 0 Å². The van der Waals surface area contributed by atoms with Gasteiger partial charge in [0.05, 0.1) is 12.7 Å². The van der Waals surface area contributed by atoms with Crippen LogP contribution in [0.2, 0.25) is 0 Å². The lowest BCUT2D eigenvalue weighted by Gasteiger charge is -2.07. The smallest absolute Gasteiger partial charge is 0.322 e. The maximum atomic E-state index is 13.4. The van der Waals surface area contributed by atoms with E-state index in [1.807, 2.05) is 0 Å². The van der Waals surface area contributed by atoms with Gasteiger partial charge in [0.15, 0.2) is 5.75 Å². The highest BCUT2D eigenvalue weighted by molar-refractivity contribution is 7.93. The minimum absolute atomic E-state index is 0.0533. The van der Waals surface area contributed by atoms with Crippen molar-refractivity contribution in [3.05, 3.63) is 29.6 Å². The fourth-order valence-electron chi connectivity index (χ4n) is 1.25. The van der Waals surface area contributed by atoms with Crippen LogP contribution in [0.3, 0.4) is 0 Å². The Morgan fingerprint density at radius 2 is 2.20 bits per heavy atom. The largest absolute Gasteiger partial charge is 0.468 e. The lowest BCUT2D eigenvalue weighted by atomic mass is 10.2. The van der Waals surface area contributed by atoms with Crippen molar-refractivity contribution < 1.29 is 27.4 Å². The summed E-state index contributed by atoms with van der Waals surface area (Å²) in [7, 11) is -2.87. The van der Waals surface area contributed by atoms with E-state index in [1.54, 1.807) is 0 Å². The maximum Gasteiger partial charge on any atom is 0.322 e. The van der Waals surface area contributed by atoms with E-state index in [4.69, 9.17) is 5.11 Å². The summed E-state index contributed by atoms with van der Waals surface area (Å²) >= 11 is 0. The second kappa shape index (κ2) is 6.88. The lowest BCUT2D eigenvalue weighted by molar-refractivity contribution is -0.137. The van der Waals surface area contributed by atoms with Crippen LogP contribution in [0.15, 0.2) is 18.2 Å². The number of aliphatic hydroxyl groups excluding tert-OH is 1. The number of anilines is 1. The van der Waals surface area contributed by atoms with E-state index in [2.05, 4.69) is 21.3 Å². The Hall–Kier alpha value is -2.11. The number of rotatable bonds is 4. The number of benzene rings is 1. The van der Waals surface area contributed by atoms with Crippen LogP contribution >= 0.6 is 0 Å². The van der Waals surface area contributed by atoms with Crippen LogP contribution in [-0.4, -0.2) is 39.0 Å². The molecule has 6 nitrogen and oxygen atoms in total. The molecule has 1 aromatic carbocycles. The fourth-order valence-corrected chi connectivity index (χ4v) is 2.24. The maximum absolute atomic E-state index is 13.4. The number of hydrogen-bond acceptors (Lipinski definition) is 5. The number of methoxy groups -OCH3 is 1. The number of aliphatic hydroxyl groups is 1. The van der Waals surface area contributed by atoms with Crippen LogP contribution < -0.4 is 4.72 Å². The first-order valence-electron chi connectivity index (χ1n) is 5.34. The predicted molar refractivity (Wildman–Crippen MR) is 69.8 cm³/mol. The van der Waals surface area contributed by atoms with E-state index in [0.717, 1.165) is 19.2 Å². The fraction of sp³-hybridized carbons (Fsp3) is 0.250. The minimum atomic E-state index is -3.94. The summed E-state index contributed by atoms with van der Waals surface area (Å²) < 4.78 is 42.9. The van der Waals surface area contributed by atoms with Gasteiger partial charge in [0.25, 0.3) is 0 Å². The van der Waals surface area contributed by atoms with Crippen molar-refractivity contribution >= 4 is 21.7 Å². The zero-order valence-electron chi connectivity index (χ0n) is 10.5. The van der Waals surface area contributed by atoms with Gasteiger partial charge < -0.3 is 9.84 Å². The molecule has 1 rings (SSSR count). The predicted octanol–water partition coefficient (Wildman–Crippen LogP) is 0.0842. The van der Waals surface area contributed by atoms with Gasteiger partial charge in [-0.05, 0) is 18.2 Å². The average molecular weight is 301 g/mol. The summed E-state index contributed by atoms with van der Waals surface area (Å²) in [6.07, 6.45) is 0. The molecule has 0 fully saturated rings. The van der Waals surface area contributed by atoms with E-state index in [1.165, 1.54) is 6.07 Å². The van der Waals surface area contributed by atoms with Crippen molar-refractivity contribution in [1.29, 1.82) is 0 Å². The highest BCUT2D eigenvalue weighted by atomic mass is 32.2. The van der Waals surface area contributed by atoms with Gasteiger partial charge in [-0.15, -0.1) is 0 Å². The van der Waals surface area contributed by atoms with Gasteiger partial charge in [0.1, 0.15) is 12.4 Å². The summed E-state index contributed by atoms with van der Waals surface area (Å²) in [6.45, 7) is -0.447. The highest BCUT2D eigenvalue weighted by Crippen LogP contribution is 2.15. The van der Waals surface area contributed by atoms with Crippen LogP contribution in [0.1, 0.15) is 5.56 Å². The molecule has 0 spiro atoms. The number of hydrogen-bond donors (Lipinski definition) is 2. The third kappa shape index (κ3) is 4.87.